The van der Waals surface area contributed by atoms with Crippen LogP contribution in [0.15, 0.2) is 0 Å². The second-order valence-electron chi connectivity index (χ2n) is 4.63. The van der Waals surface area contributed by atoms with Crippen LogP contribution >= 0.6 is 0 Å². The summed E-state index contributed by atoms with van der Waals surface area (Å²) in [7, 11) is 0. The van der Waals surface area contributed by atoms with Crippen LogP contribution in [0.3, 0.4) is 0 Å². The van der Waals surface area contributed by atoms with Gasteiger partial charge in [0.25, 0.3) is 0 Å². The Morgan fingerprint density at radius 2 is 2.12 bits per heavy atom. The third-order valence-electron chi connectivity index (χ3n) is 3.39. The molecule has 1 amide bonds. The van der Waals surface area contributed by atoms with Crippen molar-refractivity contribution >= 4 is 5.91 Å². The Kier molecular flexibility index (Phi) is 3.75. The Morgan fingerprint density at radius 1 is 1.44 bits per heavy atom. The first-order valence-electron chi connectivity index (χ1n) is 5.86. The third kappa shape index (κ3) is 2.71. The van der Waals surface area contributed by atoms with Crippen molar-refractivity contribution in [1.29, 1.82) is 5.26 Å². The van der Waals surface area contributed by atoms with Crippen molar-refractivity contribution in [2.75, 3.05) is 39.3 Å². The monoisotopic (exact) mass is 222 g/mol. The van der Waals surface area contributed by atoms with Crippen LogP contribution in [-0.4, -0.2) is 50.1 Å². The predicted octanol–water partition coefficient (Wildman–Crippen LogP) is -0.833. The summed E-state index contributed by atoms with van der Waals surface area (Å²) in [5, 5.41) is 14.5. The van der Waals surface area contributed by atoms with Crippen molar-refractivity contribution in [2.45, 2.75) is 6.42 Å². The lowest BCUT2D eigenvalue weighted by Crippen LogP contribution is -2.37. The summed E-state index contributed by atoms with van der Waals surface area (Å²) in [5.74, 6) is 1.50. The normalized spacial score (nSPS) is 28.7. The van der Waals surface area contributed by atoms with Crippen LogP contribution in [0.4, 0.5) is 0 Å². The van der Waals surface area contributed by atoms with Crippen LogP contribution in [0.2, 0.25) is 0 Å². The average Bonchev–Trinajstić information content (AvgIpc) is 2.78. The fourth-order valence-corrected chi connectivity index (χ4v) is 2.60. The molecular weight excluding hydrogens is 204 g/mol. The number of hydrogen-bond acceptors (Lipinski definition) is 4. The summed E-state index contributed by atoms with van der Waals surface area (Å²) < 4.78 is 0. The summed E-state index contributed by atoms with van der Waals surface area (Å²) in [6.45, 7) is 5.21. The second kappa shape index (κ2) is 5.28. The molecule has 88 valence electrons. The molecule has 2 saturated heterocycles. The lowest BCUT2D eigenvalue weighted by molar-refractivity contribution is -0.122. The highest BCUT2D eigenvalue weighted by atomic mass is 16.2. The van der Waals surface area contributed by atoms with Gasteiger partial charge in [0, 0.05) is 19.6 Å². The van der Waals surface area contributed by atoms with E-state index in [0.29, 0.717) is 19.5 Å². The molecule has 0 aromatic heterocycles. The van der Waals surface area contributed by atoms with Crippen LogP contribution in [0.1, 0.15) is 6.42 Å². The largest absolute Gasteiger partial charge is 0.354 e. The number of likely N-dealkylation sites (tertiary alicyclic amines) is 1. The molecule has 0 spiro atoms. The molecule has 2 atom stereocenters. The van der Waals surface area contributed by atoms with Gasteiger partial charge in [0.1, 0.15) is 0 Å². The number of carbonyl (C=O) groups is 1. The Hall–Kier alpha value is -1.12. The maximum atomic E-state index is 11.5. The molecule has 2 aliphatic heterocycles. The molecule has 0 saturated carbocycles. The molecule has 16 heavy (non-hydrogen) atoms. The molecule has 2 aliphatic rings. The van der Waals surface area contributed by atoms with Gasteiger partial charge in [-0.2, -0.15) is 5.26 Å². The summed E-state index contributed by atoms with van der Waals surface area (Å²) >= 11 is 0. The van der Waals surface area contributed by atoms with Crippen LogP contribution < -0.4 is 10.6 Å². The number of amides is 1. The highest BCUT2D eigenvalue weighted by Gasteiger charge is 2.36. The van der Waals surface area contributed by atoms with E-state index in [-0.39, 0.29) is 5.91 Å². The summed E-state index contributed by atoms with van der Waals surface area (Å²) in [5.41, 5.74) is 0. The molecule has 5 nitrogen and oxygen atoms in total. The van der Waals surface area contributed by atoms with Gasteiger partial charge in [0.15, 0.2) is 0 Å². The molecule has 0 unspecified atom stereocenters. The van der Waals surface area contributed by atoms with Gasteiger partial charge in [-0.3, -0.25) is 9.69 Å². The Morgan fingerprint density at radius 3 is 2.75 bits per heavy atom. The highest BCUT2D eigenvalue weighted by molar-refractivity contribution is 5.78. The summed E-state index contributed by atoms with van der Waals surface area (Å²) in [6, 6.07) is 2.01. The van der Waals surface area contributed by atoms with E-state index in [0.717, 1.165) is 38.0 Å². The molecule has 0 aliphatic carbocycles. The Bertz CT molecular complexity index is 287. The first kappa shape index (κ1) is 11.4. The second-order valence-corrected chi connectivity index (χ2v) is 4.63. The standard InChI is InChI=1S/C11H18N4O/c12-2-1-3-14-11(16)8-15-6-9-4-13-5-10(9)7-15/h9-10,13H,1,3-8H2,(H,14,16)/t9-,10+. The number of hydrogen-bond donors (Lipinski definition) is 2. The van der Waals surface area contributed by atoms with E-state index in [1.165, 1.54) is 0 Å². The van der Waals surface area contributed by atoms with E-state index in [1.54, 1.807) is 0 Å². The van der Waals surface area contributed by atoms with Crippen molar-refractivity contribution in [3.8, 4) is 6.07 Å². The van der Waals surface area contributed by atoms with Crippen LogP contribution in [-0.2, 0) is 4.79 Å². The van der Waals surface area contributed by atoms with Gasteiger partial charge in [0.05, 0.1) is 19.0 Å². The minimum atomic E-state index is 0.0446. The van der Waals surface area contributed by atoms with Gasteiger partial charge in [-0.15, -0.1) is 0 Å². The van der Waals surface area contributed by atoms with Gasteiger partial charge in [-0.05, 0) is 24.9 Å². The number of nitrogens with zero attached hydrogens (tertiary/aromatic N) is 2. The van der Waals surface area contributed by atoms with Gasteiger partial charge >= 0.3 is 0 Å². The minimum Gasteiger partial charge on any atom is -0.354 e. The zero-order chi connectivity index (χ0) is 11.4. The van der Waals surface area contributed by atoms with Gasteiger partial charge < -0.3 is 10.6 Å². The van der Waals surface area contributed by atoms with Crippen molar-refractivity contribution in [2.24, 2.45) is 11.8 Å². The van der Waals surface area contributed by atoms with Crippen LogP contribution in [0, 0.1) is 23.2 Å². The SMILES string of the molecule is N#CCCNC(=O)CN1C[C@H]2CNC[C@H]2C1. The van der Waals surface area contributed by atoms with E-state index in [4.69, 9.17) is 5.26 Å². The predicted molar refractivity (Wildman–Crippen MR) is 59.5 cm³/mol. The first-order chi connectivity index (χ1) is 7.79. The fraction of sp³-hybridized carbons (Fsp3) is 0.818. The zero-order valence-corrected chi connectivity index (χ0v) is 9.41. The van der Waals surface area contributed by atoms with E-state index < -0.39 is 0 Å². The number of fused-ring (bicyclic) bond motifs is 1. The smallest absolute Gasteiger partial charge is 0.234 e. The molecule has 0 aromatic rings. The number of rotatable bonds is 4. The van der Waals surface area contributed by atoms with Crippen molar-refractivity contribution in [3.63, 3.8) is 0 Å². The molecule has 2 fully saturated rings. The van der Waals surface area contributed by atoms with E-state index >= 15 is 0 Å². The molecule has 2 heterocycles. The Labute approximate surface area is 95.8 Å². The number of carbonyl (C=O) groups excluding carboxylic acids is 1. The average molecular weight is 222 g/mol. The number of nitrogens with one attached hydrogen (secondary N) is 2. The third-order valence-corrected chi connectivity index (χ3v) is 3.39. The highest BCUT2D eigenvalue weighted by Crippen LogP contribution is 2.25. The van der Waals surface area contributed by atoms with Crippen LogP contribution in [0.5, 0.6) is 0 Å². The molecule has 0 radical (unpaired) electrons. The molecule has 5 heteroatoms. The number of nitriles is 1. The summed E-state index contributed by atoms with van der Waals surface area (Å²) in [4.78, 5) is 13.7. The maximum absolute atomic E-state index is 11.5. The molecule has 2 N–H and O–H groups in total. The van der Waals surface area contributed by atoms with Crippen molar-refractivity contribution < 1.29 is 4.79 Å². The molecule has 2 rings (SSSR count). The zero-order valence-electron chi connectivity index (χ0n) is 9.41. The Balaban J connectivity index is 1.67. The van der Waals surface area contributed by atoms with Crippen LogP contribution in [0.25, 0.3) is 0 Å². The van der Waals surface area contributed by atoms with E-state index in [1.807, 2.05) is 6.07 Å². The van der Waals surface area contributed by atoms with Gasteiger partial charge in [-0.25, -0.2) is 0 Å². The van der Waals surface area contributed by atoms with E-state index in [2.05, 4.69) is 15.5 Å². The topological polar surface area (TPSA) is 68.2 Å². The quantitative estimate of drug-likeness (QED) is 0.609. The fourth-order valence-electron chi connectivity index (χ4n) is 2.60. The van der Waals surface area contributed by atoms with Gasteiger partial charge in [0.2, 0.25) is 5.91 Å². The summed E-state index contributed by atoms with van der Waals surface area (Å²) in [6.07, 6.45) is 0.390. The lowest BCUT2D eigenvalue weighted by atomic mass is 10.0. The molecule has 0 aromatic carbocycles. The van der Waals surface area contributed by atoms with Crippen molar-refractivity contribution in [1.82, 2.24) is 15.5 Å². The molecule has 0 bridgehead atoms. The minimum absolute atomic E-state index is 0.0446. The van der Waals surface area contributed by atoms with Crippen molar-refractivity contribution in [3.05, 3.63) is 0 Å². The lowest BCUT2D eigenvalue weighted by Gasteiger charge is -2.15. The first-order valence-corrected chi connectivity index (χ1v) is 5.86. The maximum Gasteiger partial charge on any atom is 0.234 e. The van der Waals surface area contributed by atoms with Gasteiger partial charge in [-0.1, -0.05) is 0 Å². The molecular formula is C11H18N4O. The van der Waals surface area contributed by atoms with E-state index in [9.17, 15) is 4.79 Å².